The third-order valence-corrected chi connectivity index (χ3v) is 2.63. The van der Waals surface area contributed by atoms with Gasteiger partial charge in [-0.05, 0) is 40.0 Å². The van der Waals surface area contributed by atoms with Crippen LogP contribution in [0.15, 0.2) is 11.9 Å². The van der Waals surface area contributed by atoms with Crippen LogP contribution in [-0.4, -0.2) is 24.0 Å². The molecule has 0 aromatic heterocycles. The quantitative estimate of drug-likeness (QED) is 0.669. The summed E-state index contributed by atoms with van der Waals surface area (Å²) in [6.45, 7) is 7.83. The van der Waals surface area contributed by atoms with Crippen LogP contribution in [0.1, 0.15) is 40.0 Å². The summed E-state index contributed by atoms with van der Waals surface area (Å²) in [6.07, 6.45) is 6.10. The van der Waals surface area contributed by atoms with Crippen LogP contribution in [-0.2, 0) is 0 Å². The highest BCUT2D eigenvalue weighted by Gasteiger charge is 2.15. The van der Waals surface area contributed by atoms with E-state index in [1.807, 2.05) is 0 Å². The van der Waals surface area contributed by atoms with Crippen LogP contribution in [0.3, 0.4) is 0 Å². The minimum atomic E-state index is 0.228. The van der Waals surface area contributed by atoms with Gasteiger partial charge in [-0.3, -0.25) is 0 Å². The fourth-order valence-electron chi connectivity index (χ4n) is 1.32. The molecule has 1 heterocycles. The van der Waals surface area contributed by atoms with Gasteiger partial charge >= 0.3 is 0 Å². The van der Waals surface area contributed by atoms with E-state index < -0.39 is 0 Å². The lowest BCUT2D eigenvalue weighted by molar-refractivity contribution is 0.245. The molecule has 76 valence electrons. The molecule has 1 rings (SSSR count). The molecule has 0 aromatic carbocycles. The van der Waals surface area contributed by atoms with E-state index in [4.69, 9.17) is 0 Å². The van der Waals surface area contributed by atoms with Crippen LogP contribution in [0.5, 0.6) is 0 Å². The van der Waals surface area contributed by atoms with Gasteiger partial charge in [0.05, 0.1) is 0 Å². The molecule has 1 fully saturated rings. The second-order valence-corrected chi connectivity index (χ2v) is 4.82. The second kappa shape index (κ2) is 4.03. The summed E-state index contributed by atoms with van der Waals surface area (Å²) in [6, 6.07) is 0. The summed E-state index contributed by atoms with van der Waals surface area (Å²) < 4.78 is 0. The van der Waals surface area contributed by atoms with E-state index in [1.165, 1.54) is 25.0 Å². The summed E-state index contributed by atoms with van der Waals surface area (Å²) in [4.78, 5) is 2.28. The average Bonchev–Trinajstić information content (AvgIpc) is 2.04. The lowest BCUT2D eigenvalue weighted by atomic mass is 10.1. The van der Waals surface area contributed by atoms with Crippen molar-refractivity contribution in [3.05, 3.63) is 11.9 Å². The summed E-state index contributed by atoms with van der Waals surface area (Å²) in [5, 5.41) is 3.44. The lowest BCUT2D eigenvalue weighted by Crippen LogP contribution is -2.35. The first kappa shape index (κ1) is 10.4. The van der Waals surface area contributed by atoms with Gasteiger partial charge in [0.25, 0.3) is 0 Å². The van der Waals surface area contributed by atoms with Crippen molar-refractivity contribution in [3.63, 3.8) is 0 Å². The summed E-state index contributed by atoms with van der Waals surface area (Å²) in [5.74, 6) is 0. The number of hydrogen-bond donors (Lipinski definition) is 1. The van der Waals surface area contributed by atoms with Crippen molar-refractivity contribution in [1.29, 1.82) is 0 Å². The predicted molar refractivity (Wildman–Crippen MR) is 57.5 cm³/mol. The zero-order valence-electron chi connectivity index (χ0n) is 9.35. The summed E-state index contributed by atoms with van der Waals surface area (Å²) >= 11 is 0. The molecular formula is C11H22N2. The van der Waals surface area contributed by atoms with E-state index >= 15 is 0 Å². The van der Waals surface area contributed by atoms with Crippen molar-refractivity contribution >= 4 is 0 Å². The van der Waals surface area contributed by atoms with Gasteiger partial charge in [-0.2, -0.15) is 0 Å². The maximum atomic E-state index is 3.44. The highest BCUT2D eigenvalue weighted by molar-refractivity contribution is 5.02. The fraction of sp³-hybridized carbons (Fsp3) is 0.818. The van der Waals surface area contributed by atoms with Crippen LogP contribution in [0.2, 0.25) is 0 Å². The van der Waals surface area contributed by atoms with Crippen molar-refractivity contribution in [2.24, 2.45) is 0 Å². The number of hydrogen-bond acceptors (Lipinski definition) is 2. The molecule has 0 amide bonds. The zero-order valence-corrected chi connectivity index (χ0v) is 9.35. The van der Waals surface area contributed by atoms with Gasteiger partial charge in [-0.1, -0.05) is 0 Å². The van der Waals surface area contributed by atoms with Crippen molar-refractivity contribution < 1.29 is 0 Å². The fourth-order valence-corrected chi connectivity index (χ4v) is 1.32. The number of allylic oxidation sites excluding steroid dienone is 1. The molecular weight excluding hydrogens is 160 g/mol. The van der Waals surface area contributed by atoms with Crippen LogP contribution < -0.4 is 5.32 Å². The van der Waals surface area contributed by atoms with Gasteiger partial charge in [0.2, 0.25) is 0 Å². The Hall–Kier alpha value is -0.660. The van der Waals surface area contributed by atoms with Crippen molar-refractivity contribution in [2.75, 3.05) is 13.6 Å². The van der Waals surface area contributed by atoms with Crippen molar-refractivity contribution in [3.8, 4) is 0 Å². The normalized spacial score (nSPS) is 21.4. The minimum absolute atomic E-state index is 0.228. The largest absolute Gasteiger partial charge is 0.387 e. The maximum Gasteiger partial charge on any atom is 0.0309 e. The third-order valence-electron chi connectivity index (χ3n) is 2.63. The lowest BCUT2D eigenvalue weighted by Gasteiger charge is -2.32. The number of piperidine rings is 1. The van der Waals surface area contributed by atoms with Gasteiger partial charge in [0.1, 0.15) is 0 Å². The topological polar surface area (TPSA) is 15.3 Å². The molecule has 0 aromatic rings. The van der Waals surface area contributed by atoms with Crippen LogP contribution >= 0.6 is 0 Å². The van der Waals surface area contributed by atoms with Gasteiger partial charge in [0.15, 0.2) is 0 Å². The molecule has 1 aliphatic rings. The zero-order chi connectivity index (χ0) is 9.90. The maximum absolute atomic E-state index is 3.44. The Bertz CT molecular complexity index is 181. The summed E-state index contributed by atoms with van der Waals surface area (Å²) in [7, 11) is 2.14. The Balaban J connectivity index is 2.53. The van der Waals surface area contributed by atoms with Crippen molar-refractivity contribution in [2.45, 2.75) is 45.6 Å². The van der Waals surface area contributed by atoms with Gasteiger partial charge in [-0.15, -0.1) is 0 Å². The first-order chi connectivity index (χ1) is 6.00. The molecule has 1 N–H and O–H groups in total. The van der Waals surface area contributed by atoms with E-state index in [0.29, 0.717) is 0 Å². The Morgan fingerprint density at radius 1 is 1.31 bits per heavy atom. The van der Waals surface area contributed by atoms with Crippen molar-refractivity contribution in [1.82, 2.24) is 10.2 Å². The molecule has 0 aliphatic carbocycles. The Morgan fingerprint density at radius 2 is 2.00 bits per heavy atom. The molecule has 0 radical (unpaired) electrons. The molecule has 13 heavy (non-hydrogen) atoms. The number of nitrogens with one attached hydrogen (secondary N) is 1. The SMILES string of the molecule is CN(/C=C1/CCCCN1)C(C)(C)C. The highest BCUT2D eigenvalue weighted by atomic mass is 15.1. The molecule has 0 atom stereocenters. The molecule has 1 aliphatic heterocycles. The summed E-state index contributed by atoms with van der Waals surface area (Å²) in [5.41, 5.74) is 1.62. The van der Waals surface area contributed by atoms with Crippen LogP contribution in [0, 0.1) is 0 Å². The standard InChI is InChI=1S/C11H22N2/c1-11(2,3)13(4)9-10-7-5-6-8-12-10/h9,12H,5-8H2,1-4H3/b10-9-. The molecule has 1 saturated heterocycles. The van der Waals surface area contributed by atoms with E-state index in [2.05, 4.69) is 44.2 Å². The molecule has 0 saturated carbocycles. The van der Waals surface area contributed by atoms with E-state index in [9.17, 15) is 0 Å². The predicted octanol–water partition coefficient (Wildman–Crippen LogP) is 2.33. The van der Waals surface area contributed by atoms with E-state index in [-0.39, 0.29) is 5.54 Å². The van der Waals surface area contributed by atoms with Crippen LogP contribution in [0.4, 0.5) is 0 Å². The number of rotatable bonds is 1. The Morgan fingerprint density at radius 3 is 2.46 bits per heavy atom. The van der Waals surface area contributed by atoms with Crippen LogP contribution in [0.25, 0.3) is 0 Å². The average molecular weight is 182 g/mol. The smallest absolute Gasteiger partial charge is 0.0309 e. The Kier molecular flexibility index (Phi) is 3.23. The molecule has 0 spiro atoms. The molecule has 2 heteroatoms. The van der Waals surface area contributed by atoms with Gasteiger partial charge in [0, 0.05) is 31.0 Å². The van der Waals surface area contributed by atoms with E-state index in [1.54, 1.807) is 0 Å². The Labute approximate surface area is 82.0 Å². The van der Waals surface area contributed by atoms with Gasteiger partial charge < -0.3 is 10.2 Å². The molecule has 0 unspecified atom stereocenters. The first-order valence-corrected chi connectivity index (χ1v) is 5.17. The molecule has 0 bridgehead atoms. The highest BCUT2D eigenvalue weighted by Crippen LogP contribution is 2.15. The minimum Gasteiger partial charge on any atom is -0.387 e. The molecule has 2 nitrogen and oxygen atoms in total. The monoisotopic (exact) mass is 182 g/mol. The third kappa shape index (κ3) is 3.29. The second-order valence-electron chi connectivity index (χ2n) is 4.82. The number of nitrogens with zero attached hydrogens (tertiary/aromatic N) is 1. The first-order valence-electron chi connectivity index (χ1n) is 5.17. The van der Waals surface area contributed by atoms with Gasteiger partial charge in [-0.25, -0.2) is 0 Å². The van der Waals surface area contributed by atoms with E-state index in [0.717, 1.165) is 6.54 Å².